The van der Waals surface area contributed by atoms with E-state index < -0.39 is 0 Å². The maximum absolute atomic E-state index is 9.44. The quantitative estimate of drug-likeness (QED) is 0.628. The number of ether oxygens (including phenoxy) is 1. The highest BCUT2D eigenvalue weighted by Gasteiger charge is 2.04. The van der Waals surface area contributed by atoms with Gasteiger partial charge in [-0.15, -0.1) is 0 Å². The van der Waals surface area contributed by atoms with Crippen molar-refractivity contribution in [2.24, 2.45) is 0 Å². The number of anilines is 1. The van der Waals surface area contributed by atoms with Crippen LogP contribution >= 0.6 is 0 Å². The van der Waals surface area contributed by atoms with Crippen molar-refractivity contribution in [3.63, 3.8) is 0 Å². The van der Waals surface area contributed by atoms with Crippen molar-refractivity contribution in [3.05, 3.63) is 59.2 Å². The molecule has 0 atom stereocenters. The first-order valence-electron chi connectivity index (χ1n) is 7.09. The Hall–Kier alpha value is -2.73. The lowest BCUT2D eigenvalue weighted by Crippen LogP contribution is -2.08. The Kier molecular flexibility index (Phi) is 4.85. The van der Waals surface area contributed by atoms with E-state index in [1.165, 1.54) is 0 Å². The van der Waals surface area contributed by atoms with Crippen LogP contribution in [0, 0.1) is 18.3 Å². The van der Waals surface area contributed by atoms with Crippen LogP contribution in [0.25, 0.3) is 11.6 Å². The Labute approximate surface area is 132 Å². The lowest BCUT2D eigenvalue weighted by atomic mass is 10.0. The van der Waals surface area contributed by atoms with Gasteiger partial charge in [0.05, 0.1) is 18.8 Å². The van der Waals surface area contributed by atoms with Crippen LogP contribution in [0.1, 0.15) is 16.7 Å². The summed E-state index contributed by atoms with van der Waals surface area (Å²) in [5.74, 6) is 0.785. The van der Waals surface area contributed by atoms with Crippen molar-refractivity contribution >= 4 is 17.3 Å². The summed E-state index contributed by atoms with van der Waals surface area (Å²) in [6.07, 6.45) is 1.93. The third kappa shape index (κ3) is 3.48. The average molecular weight is 292 g/mol. The molecular formula is C19H20N2O. The maximum atomic E-state index is 9.44. The van der Waals surface area contributed by atoms with Gasteiger partial charge in [-0.25, -0.2) is 0 Å². The topological polar surface area (TPSA) is 36.3 Å². The maximum Gasteiger partial charge on any atom is 0.118 e. The van der Waals surface area contributed by atoms with E-state index in [9.17, 15) is 5.26 Å². The molecule has 2 aromatic carbocycles. The van der Waals surface area contributed by atoms with E-state index in [0.29, 0.717) is 5.57 Å². The highest BCUT2D eigenvalue weighted by molar-refractivity contribution is 5.90. The number of nitriles is 1. The van der Waals surface area contributed by atoms with Crippen molar-refractivity contribution in [3.8, 4) is 11.8 Å². The third-order valence-corrected chi connectivity index (χ3v) is 3.59. The molecule has 0 amide bonds. The minimum Gasteiger partial charge on any atom is -0.497 e. The van der Waals surface area contributed by atoms with E-state index in [1.807, 2.05) is 50.5 Å². The summed E-state index contributed by atoms with van der Waals surface area (Å²) in [6, 6.07) is 16.0. The largest absolute Gasteiger partial charge is 0.497 e. The van der Waals surface area contributed by atoms with E-state index in [2.05, 4.69) is 30.0 Å². The fraction of sp³-hybridized carbons (Fsp3) is 0.211. The SMILES string of the molecule is COc1ccc(/C(C#N)=C/c2ccc(N(C)C)cc2C)cc1. The molecule has 2 rings (SSSR count). The zero-order chi connectivity index (χ0) is 16.1. The van der Waals surface area contributed by atoms with Crippen LogP contribution in [-0.2, 0) is 0 Å². The highest BCUT2D eigenvalue weighted by Crippen LogP contribution is 2.24. The van der Waals surface area contributed by atoms with Gasteiger partial charge in [0.2, 0.25) is 0 Å². The summed E-state index contributed by atoms with van der Waals surface area (Å²) in [6.45, 7) is 2.06. The predicted octanol–water partition coefficient (Wildman–Crippen LogP) is 4.13. The third-order valence-electron chi connectivity index (χ3n) is 3.59. The number of hydrogen-bond donors (Lipinski definition) is 0. The Morgan fingerprint density at radius 2 is 1.82 bits per heavy atom. The molecule has 22 heavy (non-hydrogen) atoms. The van der Waals surface area contributed by atoms with Crippen molar-refractivity contribution in [1.29, 1.82) is 5.26 Å². The Balaban J connectivity index is 2.38. The first-order chi connectivity index (χ1) is 10.5. The molecule has 0 aliphatic heterocycles. The van der Waals surface area contributed by atoms with Gasteiger partial charge in [-0.2, -0.15) is 5.26 Å². The number of benzene rings is 2. The number of methoxy groups -OCH3 is 1. The molecule has 0 N–H and O–H groups in total. The smallest absolute Gasteiger partial charge is 0.118 e. The highest BCUT2D eigenvalue weighted by atomic mass is 16.5. The molecule has 0 aliphatic carbocycles. The number of allylic oxidation sites excluding steroid dienone is 1. The molecule has 0 radical (unpaired) electrons. The van der Waals surface area contributed by atoms with Crippen LogP contribution < -0.4 is 9.64 Å². The molecule has 0 aromatic heterocycles. The van der Waals surface area contributed by atoms with Crippen LogP contribution in [0.5, 0.6) is 5.75 Å². The first kappa shape index (κ1) is 15.7. The van der Waals surface area contributed by atoms with Gasteiger partial charge >= 0.3 is 0 Å². The first-order valence-corrected chi connectivity index (χ1v) is 7.09. The fourth-order valence-corrected chi connectivity index (χ4v) is 2.21. The summed E-state index contributed by atoms with van der Waals surface area (Å²) in [5.41, 5.74) is 4.88. The van der Waals surface area contributed by atoms with Crippen LogP contribution in [0.2, 0.25) is 0 Å². The molecule has 0 saturated heterocycles. The van der Waals surface area contributed by atoms with Crippen molar-refractivity contribution < 1.29 is 4.74 Å². The van der Waals surface area contributed by atoms with E-state index >= 15 is 0 Å². The molecule has 0 heterocycles. The number of rotatable bonds is 4. The Morgan fingerprint density at radius 1 is 1.14 bits per heavy atom. The number of aryl methyl sites for hydroxylation is 1. The van der Waals surface area contributed by atoms with Gasteiger partial charge in [0.1, 0.15) is 5.75 Å². The van der Waals surface area contributed by atoms with Crippen LogP contribution in [-0.4, -0.2) is 21.2 Å². The van der Waals surface area contributed by atoms with Gasteiger partial charge in [0.25, 0.3) is 0 Å². The van der Waals surface area contributed by atoms with E-state index in [1.54, 1.807) is 7.11 Å². The lowest BCUT2D eigenvalue weighted by Gasteiger charge is -2.14. The molecule has 2 aromatic rings. The van der Waals surface area contributed by atoms with E-state index in [-0.39, 0.29) is 0 Å². The summed E-state index contributed by atoms with van der Waals surface area (Å²) < 4.78 is 5.15. The molecular weight excluding hydrogens is 272 g/mol. The van der Waals surface area contributed by atoms with Crippen molar-refractivity contribution in [2.45, 2.75) is 6.92 Å². The lowest BCUT2D eigenvalue weighted by molar-refractivity contribution is 0.415. The van der Waals surface area contributed by atoms with Gasteiger partial charge in [-0.3, -0.25) is 0 Å². The second kappa shape index (κ2) is 6.82. The molecule has 0 unspecified atom stereocenters. The van der Waals surface area contributed by atoms with Crippen molar-refractivity contribution in [1.82, 2.24) is 0 Å². The summed E-state index contributed by atoms with van der Waals surface area (Å²) in [5, 5.41) is 9.44. The van der Waals surface area contributed by atoms with Gasteiger partial charge in [0, 0.05) is 19.8 Å². The van der Waals surface area contributed by atoms with Crippen LogP contribution in [0.4, 0.5) is 5.69 Å². The van der Waals surface area contributed by atoms with Gasteiger partial charge in [0.15, 0.2) is 0 Å². The van der Waals surface area contributed by atoms with Gasteiger partial charge in [-0.05, 0) is 66.1 Å². The molecule has 0 aliphatic rings. The second-order valence-corrected chi connectivity index (χ2v) is 5.33. The zero-order valence-electron chi connectivity index (χ0n) is 13.4. The molecule has 112 valence electrons. The molecule has 0 saturated carbocycles. The minimum atomic E-state index is 0.642. The summed E-state index contributed by atoms with van der Waals surface area (Å²) in [4.78, 5) is 2.06. The Morgan fingerprint density at radius 3 is 2.32 bits per heavy atom. The van der Waals surface area contributed by atoms with E-state index in [0.717, 1.165) is 28.1 Å². The second-order valence-electron chi connectivity index (χ2n) is 5.33. The number of nitrogens with zero attached hydrogens (tertiary/aromatic N) is 2. The predicted molar refractivity (Wildman–Crippen MR) is 92.0 cm³/mol. The van der Waals surface area contributed by atoms with Gasteiger partial charge < -0.3 is 9.64 Å². The summed E-state index contributed by atoms with van der Waals surface area (Å²) >= 11 is 0. The molecule has 0 bridgehead atoms. The Bertz CT molecular complexity index is 722. The van der Waals surface area contributed by atoms with E-state index in [4.69, 9.17) is 4.74 Å². The zero-order valence-corrected chi connectivity index (χ0v) is 13.4. The summed E-state index contributed by atoms with van der Waals surface area (Å²) in [7, 11) is 5.66. The van der Waals surface area contributed by atoms with Gasteiger partial charge in [-0.1, -0.05) is 6.07 Å². The number of hydrogen-bond acceptors (Lipinski definition) is 3. The molecule has 0 fully saturated rings. The normalized spacial score (nSPS) is 11.0. The minimum absolute atomic E-state index is 0.642. The van der Waals surface area contributed by atoms with Crippen LogP contribution in [0.15, 0.2) is 42.5 Å². The molecule has 3 heteroatoms. The van der Waals surface area contributed by atoms with Crippen molar-refractivity contribution in [2.75, 3.05) is 26.1 Å². The standard InChI is InChI=1S/C19H20N2O/c1-14-11-18(21(2)3)8-5-16(14)12-17(13-20)15-6-9-19(22-4)10-7-15/h5-12H,1-4H3/b17-12+. The molecule has 3 nitrogen and oxygen atoms in total. The average Bonchev–Trinajstić information content (AvgIpc) is 2.53. The fourth-order valence-electron chi connectivity index (χ4n) is 2.21. The van der Waals surface area contributed by atoms with Crippen LogP contribution in [0.3, 0.4) is 0 Å². The molecule has 0 spiro atoms. The monoisotopic (exact) mass is 292 g/mol.